The van der Waals surface area contributed by atoms with E-state index in [4.69, 9.17) is 9.47 Å². The standard InChI is InChI=1S/C20H18N4O3/c25-20(23-11-14-2-1-5-21-10-14)15-8-17(13-22-12-15)24-16-3-4-18-19(9-16)27-7-6-26-18/h1-5,8-10,12-13,24H,6-7,11H2,(H,23,25). The van der Waals surface area contributed by atoms with Gasteiger partial charge in [-0.15, -0.1) is 0 Å². The molecular formula is C20H18N4O3. The van der Waals surface area contributed by atoms with Crippen molar-refractivity contribution in [2.45, 2.75) is 6.54 Å². The van der Waals surface area contributed by atoms with Gasteiger partial charge in [0.25, 0.3) is 5.91 Å². The summed E-state index contributed by atoms with van der Waals surface area (Å²) in [5, 5.41) is 6.10. The molecule has 2 N–H and O–H groups in total. The van der Waals surface area contributed by atoms with Gasteiger partial charge in [0.05, 0.1) is 17.4 Å². The summed E-state index contributed by atoms with van der Waals surface area (Å²) in [6, 6.07) is 11.1. The van der Waals surface area contributed by atoms with Crippen molar-refractivity contribution in [2.75, 3.05) is 18.5 Å². The molecule has 0 fully saturated rings. The molecule has 0 spiro atoms. The maximum Gasteiger partial charge on any atom is 0.253 e. The molecule has 1 amide bonds. The van der Waals surface area contributed by atoms with Crippen LogP contribution < -0.4 is 20.1 Å². The van der Waals surface area contributed by atoms with Crippen molar-refractivity contribution in [1.82, 2.24) is 15.3 Å². The second-order valence-electron chi connectivity index (χ2n) is 5.99. The quantitative estimate of drug-likeness (QED) is 0.726. The van der Waals surface area contributed by atoms with Crippen LogP contribution in [0.15, 0.2) is 61.2 Å². The summed E-state index contributed by atoms with van der Waals surface area (Å²) in [4.78, 5) is 20.6. The van der Waals surface area contributed by atoms with Gasteiger partial charge in [-0.05, 0) is 29.8 Å². The Kier molecular flexibility index (Phi) is 4.82. The minimum atomic E-state index is -0.197. The van der Waals surface area contributed by atoms with Crippen LogP contribution in [0.25, 0.3) is 0 Å². The average molecular weight is 362 g/mol. The van der Waals surface area contributed by atoms with Crippen LogP contribution in [0.5, 0.6) is 11.5 Å². The molecular weight excluding hydrogens is 344 g/mol. The summed E-state index contributed by atoms with van der Waals surface area (Å²) in [6.07, 6.45) is 6.61. The third-order valence-electron chi connectivity index (χ3n) is 4.01. The molecule has 7 heteroatoms. The smallest absolute Gasteiger partial charge is 0.253 e. The highest BCUT2D eigenvalue weighted by atomic mass is 16.6. The van der Waals surface area contributed by atoms with Crippen LogP contribution in [0.3, 0.4) is 0 Å². The largest absolute Gasteiger partial charge is 0.486 e. The topological polar surface area (TPSA) is 85.4 Å². The van der Waals surface area contributed by atoms with Crippen molar-refractivity contribution >= 4 is 17.3 Å². The molecule has 0 atom stereocenters. The molecule has 0 saturated heterocycles. The molecule has 0 radical (unpaired) electrons. The lowest BCUT2D eigenvalue weighted by molar-refractivity contribution is 0.0950. The Balaban J connectivity index is 1.43. The molecule has 3 aromatic rings. The fourth-order valence-electron chi connectivity index (χ4n) is 2.71. The van der Waals surface area contributed by atoms with Crippen molar-refractivity contribution in [3.8, 4) is 11.5 Å². The van der Waals surface area contributed by atoms with Crippen molar-refractivity contribution in [3.63, 3.8) is 0 Å². The van der Waals surface area contributed by atoms with Crippen LogP contribution in [0, 0.1) is 0 Å². The molecule has 1 aliphatic rings. The van der Waals surface area contributed by atoms with Crippen molar-refractivity contribution in [3.05, 3.63) is 72.3 Å². The Labute approximate surface area is 156 Å². The Morgan fingerprint density at radius 3 is 2.70 bits per heavy atom. The van der Waals surface area contributed by atoms with Gasteiger partial charge < -0.3 is 20.1 Å². The molecule has 1 aromatic carbocycles. The summed E-state index contributed by atoms with van der Waals surface area (Å²) in [5.74, 6) is 1.23. The molecule has 0 unspecified atom stereocenters. The summed E-state index contributed by atoms with van der Waals surface area (Å²) in [5.41, 5.74) is 2.94. The summed E-state index contributed by atoms with van der Waals surface area (Å²) >= 11 is 0. The molecule has 7 nitrogen and oxygen atoms in total. The van der Waals surface area contributed by atoms with Gasteiger partial charge in [-0.1, -0.05) is 6.07 Å². The number of aromatic nitrogens is 2. The van der Waals surface area contributed by atoms with Gasteiger partial charge in [-0.2, -0.15) is 0 Å². The molecule has 0 saturated carbocycles. The number of ether oxygens (including phenoxy) is 2. The molecule has 2 aromatic heterocycles. The van der Waals surface area contributed by atoms with Crippen LogP contribution in [0.1, 0.15) is 15.9 Å². The van der Waals surface area contributed by atoms with Crippen LogP contribution in [0.2, 0.25) is 0 Å². The van der Waals surface area contributed by atoms with Gasteiger partial charge >= 0.3 is 0 Å². The van der Waals surface area contributed by atoms with Crippen LogP contribution in [0.4, 0.5) is 11.4 Å². The Bertz CT molecular complexity index is 947. The number of amides is 1. The van der Waals surface area contributed by atoms with Gasteiger partial charge in [0.15, 0.2) is 11.5 Å². The first-order chi connectivity index (χ1) is 13.3. The second kappa shape index (κ2) is 7.74. The Morgan fingerprint density at radius 2 is 1.85 bits per heavy atom. The van der Waals surface area contributed by atoms with Crippen molar-refractivity contribution < 1.29 is 14.3 Å². The van der Waals surface area contributed by atoms with Gasteiger partial charge in [-0.25, -0.2) is 0 Å². The maximum absolute atomic E-state index is 12.4. The summed E-state index contributed by atoms with van der Waals surface area (Å²) in [7, 11) is 0. The highest BCUT2D eigenvalue weighted by molar-refractivity contribution is 5.94. The zero-order valence-electron chi connectivity index (χ0n) is 14.5. The van der Waals surface area contributed by atoms with E-state index in [1.807, 2.05) is 30.3 Å². The number of nitrogens with one attached hydrogen (secondary N) is 2. The molecule has 4 rings (SSSR count). The van der Waals surface area contributed by atoms with Crippen LogP contribution >= 0.6 is 0 Å². The van der Waals surface area contributed by atoms with Crippen molar-refractivity contribution in [2.24, 2.45) is 0 Å². The Hall–Kier alpha value is -3.61. The van der Waals surface area contributed by atoms with E-state index in [-0.39, 0.29) is 5.91 Å². The molecule has 0 bridgehead atoms. The third kappa shape index (κ3) is 4.14. The lowest BCUT2D eigenvalue weighted by Crippen LogP contribution is -2.23. The van der Waals surface area contributed by atoms with E-state index in [1.54, 1.807) is 24.7 Å². The third-order valence-corrected chi connectivity index (χ3v) is 4.01. The summed E-state index contributed by atoms with van der Waals surface area (Å²) in [6.45, 7) is 1.50. The zero-order chi connectivity index (χ0) is 18.5. The lowest BCUT2D eigenvalue weighted by atomic mass is 10.2. The van der Waals surface area contributed by atoms with E-state index < -0.39 is 0 Å². The monoisotopic (exact) mass is 362 g/mol. The number of carbonyl (C=O) groups is 1. The minimum absolute atomic E-state index is 0.197. The molecule has 136 valence electrons. The van der Waals surface area contributed by atoms with Crippen LogP contribution in [-0.2, 0) is 6.54 Å². The van der Waals surface area contributed by atoms with Gasteiger partial charge in [0.2, 0.25) is 0 Å². The van der Waals surface area contributed by atoms with E-state index in [0.717, 1.165) is 17.0 Å². The number of nitrogens with zero attached hydrogens (tertiary/aromatic N) is 2. The predicted molar refractivity (Wildman–Crippen MR) is 100 cm³/mol. The first kappa shape index (κ1) is 16.8. The predicted octanol–water partition coefficient (Wildman–Crippen LogP) is 2.92. The van der Waals surface area contributed by atoms with E-state index in [9.17, 15) is 4.79 Å². The maximum atomic E-state index is 12.4. The number of anilines is 2. The number of rotatable bonds is 5. The highest BCUT2D eigenvalue weighted by Gasteiger charge is 2.12. The van der Waals surface area contributed by atoms with E-state index >= 15 is 0 Å². The zero-order valence-corrected chi connectivity index (χ0v) is 14.5. The SMILES string of the molecule is O=C(NCc1cccnc1)c1cncc(Nc2ccc3c(c2)OCCO3)c1. The van der Waals surface area contributed by atoms with Crippen molar-refractivity contribution in [1.29, 1.82) is 0 Å². The van der Waals surface area contributed by atoms with E-state index in [0.29, 0.717) is 36.8 Å². The van der Waals surface area contributed by atoms with Gasteiger partial charge in [0.1, 0.15) is 13.2 Å². The molecule has 27 heavy (non-hydrogen) atoms. The lowest BCUT2D eigenvalue weighted by Gasteiger charge is -2.19. The van der Waals surface area contributed by atoms with E-state index in [1.165, 1.54) is 6.20 Å². The fraction of sp³-hybridized carbons (Fsp3) is 0.150. The minimum Gasteiger partial charge on any atom is -0.486 e. The number of carbonyl (C=O) groups excluding carboxylic acids is 1. The first-order valence-corrected chi connectivity index (χ1v) is 8.57. The normalized spacial score (nSPS) is 12.3. The van der Waals surface area contributed by atoms with Crippen LogP contribution in [-0.4, -0.2) is 29.1 Å². The molecule has 1 aliphatic heterocycles. The second-order valence-corrected chi connectivity index (χ2v) is 5.99. The Morgan fingerprint density at radius 1 is 0.963 bits per heavy atom. The summed E-state index contributed by atoms with van der Waals surface area (Å²) < 4.78 is 11.1. The average Bonchev–Trinajstić information content (AvgIpc) is 2.73. The number of pyridine rings is 2. The molecule has 0 aliphatic carbocycles. The van der Waals surface area contributed by atoms with Gasteiger partial charge in [-0.3, -0.25) is 14.8 Å². The fourth-order valence-corrected chi connectivity index (χ4v) is 2.71. The number of fused-ring (bicyclic) bond motifs is 1. The van der Waals surface area contributed by atoms with Gasteiger partial charge in [0, 0.05) is 36.9 Å². The first-order valence-electron chi connectivity index (χ1n) is 8.57. The number of benzene rings is 1. The highest BCUT2D eigenvalue weighted by Crippen LogP contribution is 2.33. The van der Waals surface area contributed by atoms with E-state index in [2.05, 4.69) is 20.6 Å². The molecule has 3 heterocycles. The number of hydrogen-bond donors (Lipinski definition) is 2. The number of hydrogen-bond acceptors (Lipinski definition) is 6.